The van der Waals surface area contributed by atoms with E-state index in [2.05, 4.69) is 10.6 Å². The Labute approximate surface area is 333 Å². The van der Waals surface area contributed by atoms with Gasteiger partial charge in [0.2, 0.25) is 21.8 Å². The van der Waals surface area contributed by atoms with Crippen LogP contribution >= 0.6 is 0 Å². The zero-order valence-electron chi connectivity index (χ0n) is 32.6. The number of carbonyl (C=O) groups excluding carboxylic acids is 4. The fraction of sp³-hybridized carbons (Fsp3) is 0.643. The van der Waals surface area contributed by atoms with E-state index in [1.165, 1.54) is 4.90 Å². The lowest BCUT2D eigenvalue weighted by Crippen LogP contribution is -2.62. The first-order valence-corrected chi connectivity index (χ1v) is 22.6. The SMILES string of the molecule is COc1ccc2nc(C3CCC3)c3c(c2c1)CC[C@]1(C[C@H]2C(=O)N[C@]4(C(=O)N5CCS5(=O)=O)C[C@H]4/C=C\CCCCC[C@H](NC(=O)OC4CCCC4)C(=O)N2C1)O3. The second-order valence-corrected chi connectivity index (χ2v) is 19.3. The highest BCUT2D eigenvalue weighted by molar-refractivity contribution is 7.90. The minimum Gasteiger partial charge on any atom is -0.497 e. The molecular weight excluding hydrogens is 751 g/mol. The zero-order valence-corrected chi connectivity index (χ0v) is 33.4. The lowest BCUT2D eigenvalue weighted by molar-refractivity contribution is -0.142. The van der Waals surface area contributed by atoms with E-state index in [-0.39, 0.29) is 49.6 Å². The molecule has 57 heavy (non-hydrogen) atoms. The quantitative estimate of drug-likeness (QED) is 0.401. The van der Waals surface area contributed by atoms with Gasteiger partial charge in [0.1, 0.15) is 40.8 Å². The molecule has 1 aromatic carbocycles. The zero-order chi connectivity index (χ0) is 39.5. The molecule has 1 aromatic heterocycles. The molecule has 3 aliphatic carbocycles. The van der Waals surface area contributed by atoms with Gasteiger partial charge in [-0.3, -0.25) is 14.4 Å². The van der Waals surface area contributed by atoms with Crippen LogP contribution in [0.15, 0.2) is 30.4 Å². The third-order valence-electron chi connectivity index (χ3n) is 13.7. The normalized spacial score (nSPS) is 32.0. The van der Waals surface area contributed by atoms with Gasteiger partial charge in [0, 0.05) is 29.2 Å². The van der Waals surface area contributed by atoms with Crippen molar-refractivity contribution in [3.8, 4) is 11.5 Å². The summed E-state index contributed by atoms with van der Waals surface area (Å²) in [6.07, 6.45) is 14.6. The number of allylic oxidation sites excluding steroid dienone is 1. The first-order valence-electron chi connectivity index (χ1n) is 21.0. The molecule has 14 nitrogen and oxygen atoms in total. The number of hydrogen-bond acceptors (Lipinski definition) is 10. The molecular formula is C42H53N5O9S. The molecule has 15 heteroatoms. The van der Waals surface area contributed by atoms with Crippen molar-refractivity contribution in [3.63, 3.8) is 0 Å². The summed E-state index contributed by atoms with van der Waals surface area (Å²) >= 11 is 0. The van der Waals surface area contributed by atoms with Crippen molar-refractivity contribution in [2.75, 3.05) is 26.0 Å². The van der Waals surface area contributed by atoms with Crippen LogP contribution in [-0.2, 0) is 35.6 Å². The van der Waals surface area contributed by atoms with Crippen molar-refractivity contribution >= 4 is 44.7 Å². The van der Waals surface area contributed by atoms with E-state index in [0.29, 0.717) is 37.2 Å². The number of alkyl carbamates (subject to hydrolysis) is 1. The average Bonchev–Trinajstić information content (AvgIpc) is 3.43. The Morgan fingerprint density at radius 2 is 1.82 bits per heavy atom. The van der Waals surface area contributed by atoms with Crippen LogP contribution in [-0.4, -0.2) is 102 Å². The summed E-state index contributed by atoms with van der Waals surface area (Å²) in [5.74, 6) is -0.428. The van der Waals surface area contributed by atoms with Crippen molar-refractivity contribution < 1.29 is 41.8 Å². The van der Waals surface area contributed by atoms with Crippen LogP contribution in [0.2, 0.25) is 0 Å². The van der Waals surface area contributed by atoms with Crippen LogP contribution in [0, 0.1) is 5.92 Å². The standard InChI is InChI=1S/C42H53N5O9S/c1-54-29-16-17-32-31(22-29)30-18-19-41(56-36(30)35(43-32)26-10-9-11-26)24-34-37(48)45-42(39(50)47-20-21-57(47,52)53)23-27(42)12-5-3-2-4-6-15-33(38(49)46(34)25-41)44-40(51)55-28-13-7-8-14-28/h5,12,16-17,22,26-28,33-34H,2-4,6-11,13-15,18-21,23-25H2,1H3,(H,44,51)(H,45,48)/b12-5-/t27-,33+,34+,41-,42-/m1/s1. The minimum absolute atomic E-state index is 0.0713. The molecule has 306 valence electrons. The molecule has 5 atom stereocenters. The molecule has 1 spiro atoms. The molecule has 3 saturated carbocycles. The monoisotopic (exact) mass is 803 g/mol. The summed E-state index contributed by atoms with van der Waals surface area (Å²) in [6.45, 7) is 0.159. The lowest BCUT2D eigenvalue weighted by Gasteiger charge is -2.39. The van der Waals surface area contributed by atoms with Gasteiger partial charge >= 0.3 is 6.09 Å². The number of nitrogens with zero attached hydrogens (tertiary/aromatic N) is 3. The Balaban J connectivity index is 1.07. The van der Waals surface area contributed by atoms with Gasteiger partial charge in [0.15, 0.2) is 0 Å². The minimum atomic E-state index is -3.74. The van der Waals surface area contributed by atoms with E-state index < -0.39 is 57.1 Å². The van der Waals surface area contributed by atoms with Crippen molar-refractivity contribution in [1.82, 2.24) is 24.8 Å². The molecule has 0 unspecified atom stereocenters. The summed E-state index contributed by atoms with van der Waals surface area (Å²) < 4.78 is 44.7. The van der Waals surface area contributed by atoms with Crippen LogP contribution < -0.4 is 20.1 Å². The molecule has 2 saturated heterocycles. The molecule has 4 aliphatic heterocycles. The van der Waals surface area contributed by atoms with Gasteiger partial charge < -0.3 is 29.7 Å². The molecule has 0 radical (unpaired) electrons. The number of aryl methyl sites for hydroxylation is 1. The van der Waals surface area contributed by atoms with E-state index in [4.69, 9.17) is 19.2 Å². The summed E-state index contributed by atoms with van der Waals surface area (Å²) in [5.41, 5.74) is 0.408. The fourth-order valence-corrected chi connectivity index (χ4v) is 11.0. The summed E-state index contributed by atoms with van der Waals surface area (Å²) in [6, 6.07) is 3.87. The Kier molecular flexibility index (Phi) is 9.88. The Morgan fingerprint density at radius 1 is 1.02 bits per heavy atom. The Hall–Kier alpha value is -4.40. The molecule has 4 amide bonds. The number of rotatable bonds is 5. The van der Waals surface area contributed by atoms with Crippen molar-refractivity contribution in [2.45, 2.75) is 138 Å². The van der Waals surface area contributed by atoms with Gasteiger partial charge in [-0.1, -0.05) is 31.4 Å². The molecule has 5 fully saturated rings. The van der Waals surface area contributed by atoms with Crippen molar-refractivity contribution in [1.29, 1.82) is 0 Å². The summed E-state index contributed by atoms with van der Waals surface area (Å²) in [4.78, 5) is 63.7. The number of nitrogens with one attached hydrogen (secondary N) is 2. The Morgan fingerprint density at radius 3 is 2.54 bits per heavy atom. The van der Waals surface area contributed by atoms with Crippen LogP contribution in [0.5, 0.6) is 11.5 Å². The van der Waals surface area contributed by atoms with Gasteiger partial charge in [-0.15, -0.1) is 0 Å². The third kappa shape index (κ3) is 7.01. The predicted molar refractivity (Wildman–Crippen MR) is 209 cm³/mol. The van der Waals surface area contributed by atoms with E-state index in [0.717, 1.165) is 90.7 Å². The number of benzene rings is 1. The number of carbonyl (C=O) groups is 4. The first kappa shape index (κ1) is 38.1. The van der Waals surface area contributed by atoms with E-state index >= 15 is 0 Å². The van der Waals surface area contributed by atoms with Crippen molar-refractivity contribution in [2.24, 2.45) is 5.92 Å². The molecule has 5 heterocycles. The number of sulfonamides is 1. The maximum absolute atomic E-state index is 14.9. The number of amides is 4. The third-order valence-corrected chi connectivity index (χ3v) is 15.4. The summed E-state index contributed by atoms with van der Waals surface area (Å²) in [5, 5.41) is 6.85. The fourth-order valence-electron chi connectivity index (χ4n) is 9.94. The molecule has 9 rings (SSSR count). The van der Waals surface area contributed by atoms with Gasteiger partial charge in [0.05, 0.1) is 37.2 Å². The second-order valence-electron chi connectivity index (χ2n) is 17.3. The van der Waals surface area contributed by atoms with Crippen LogP contribution in [0.1, 0.15) is 113 Å². The largest absolute Gasteiger partial charge is 0.497 e. The number of ether oxygens (including phenoxy) is 3. The molecule has 2 aromatic rings. The first-order chi connectivity index (χ1) is 27.5. The predicted octanol–water partition coefficient (Wildman–Crippen LogP) is 4.78. The second kappa shape index (κ2) is 14.8. The number of methoxy groups -OCH3 is 1. The topological polar surface area (TPSA) is 174 Å². The molecule has 2 N–H and O–H groups in total. The van der Waals surface area contributed by atoms with E-state index in [1.54, 1.807) is 7.11 Å². The lowest BCUT2D eigenvalue weighted by atomic mass is 9.79. The average molecular weight is 804 g/mol. The van der Waals surface area contributed by atoms with Gasteiger partial charge in [-0.25, -0.2) is 22.5 Å². The van der Waals surface area contributed by atoms with Crippen molar-refractivity contribution in [3.05, 3.63) is 41.6 Å². The van der Waals surface area contributed by atoms with Crippen LogP contribution in [0.25, 0.3) is 10.9 Å². The van der Waals surface area contributed by atoms with Crippen LogP contribution in [0.3, 0.4) is 0 Å². The molecule has 0 bridgehead atoms. The van der Waals surface area contributed by atoms with Crippen LogP contribution in [0.4, 0.5) is 4.79 Å². The summed E-state index contributed by atoms with van der Waals surface area (Å²) in [7, 11) is -2.11. The maximum Gasteiger partial charge on any atom is 0.408 e. The number of hydrogen-bond donors (Lipinski definition) is 2. The highest BCUT2D eigenvalue weighted by Crippen LogP contribution is 2.51. The number of pyridine rings is 1. The Bertz CT molecular complexity index is 2120. The highest BCUT2D eigenvalue weighted by atomic mass is 32.2. The van der Waals surface area contributed by atoms with E-state index in [1.807, 2.05) is 30.4 Å². The smallest absolute Gasteiger partial charge is 0.408 e. The number of fused-ring (bicyclic) bond motifs is 5. The highest BCUT2D eigenvalue weighted by Gasteiger charge is 2.65. The van der Waals surface area contributed by atoms with Gasteiger partial charge in [-0.05, 0) is 95.2 Å². The number of aromatic nitrogens is 1. The molecule has 7 aliphatic rings. The maximum atomic E-state index is 14.9. The van der Waals surface area contributed by atoms with Gasteiger partial charge in [0.25, 0.3) is 5.91 Å². The van der Waals surface area contributed by atoms with E-state index in [9.17, 15) is 27.6 Å². The van der Waals surface area contributed by atoms with Gasteiger partial charge in [-0.2, -0.15) is 0 Å².